The molecule has 0 radical (unpaired) electrons. The summed E-state index contributed by atoms with van der Waals surface area (Å²) in [5.74, 6) is -0.422. The van der Waals surface area contributed by atoms with Crippen molar-refractivity contribution >= 4 is 32.8 Å². The molecule has 1 aromatic carbocycles. The highest BCUT2D eigenvalue weighted by atomic mass is 79.9. The first-order valence-electron chi connectivity index (χ1n) is 6.14. The number of aromatic amines is 1. The van der Waals surface area contributed by atoms with Crippen molar-refractivity contribution in [3.63, 3.8) is 0 Å². The monoisotopic (exact) mass is 307 g/mol. The lowest BCUT2D eigenvalue weighted by Gasteiger charge is -2.20. The molecule has 2 N–H and O–H groups in total. The number of aryl methyl sites for hydroxylation is 1. The van der Waals surface area contributed by atoms with E-state index in [-0.39, 0.29) is 12.3 Å². The van der Waals surface area contributed by atoms with E-state index in [4.69, 9.17) is 5.11 Å². The van der Waals surface area contributed by atoms with Crippen molar-refractivity contribution in [2.24, 2.45) is 5.92 Å². The van der Waals surface area contributed by atoms with Gasteiger partial charge in [0.15, 0.2) is 0 Å². The molecular weight excluding hydrogens is 294 g/mol. The molecule has 2 aromatic rings. The molecule has 3 rings (SSSR count). The number of benzene rings is 1. The number of carboxylic acids is 1. The van der Waals surface area contributed by atoms with Crippen LogP contribution in [0.15, 0.2) is 22.7 Å². The predicted molar refractivity (Wildman–Crippen MR) is 73.8 cm³/mol. The molecule has 94 valence electrons. The number of hydrogen-bond acceptors (Lipinski definition) is 1. The summed E-state index contributed by atoms with van der Waals surface area (Å²) in [6, 6.07) is 6.24. The minimum Gasteiger partial charge on any atom is -0.481 e. The topological polar surface area (TPSA) is 53.1 Å². The Bertz CT molecular complexity index is 618. The van der Waals surface area contributed by atoms with Gasteiger partial charge in [-0.15, -0.1) is 0 Å². The number of aliphatic carboxylic acids is 1. The molecule has 0 saturated heterocycles. The highest BCUT2D eigenvalue weighted by Gasteiger charge is 2.23. The number of H-pyrrole nitrogens is 1. The number of hydrogen-bond donors (Lipinski definition) is 2. The fraction of sp³-hybridized carbons (Fsp3) is 0.357. The highest BCUT2D eigenvalue weighted by molar-refractivity contribution is 9.10. The third-order valence-corrected chi connectivity index (χ3v) is 4.21. The molecule has 0 fully saturated rings. The molecule has 1 aliphatic rings. The molecule has 1 heterocycles. The van der Waals surface area contributed by atoms with Crippen LogP contribution in [0, 0.1) is 5.92 Å². The Hall–Kier alpha value is -1.29. The van der Waals surface area contributed by atoms with Gasteiger partial charge in [-0.3, -0.25) is 4.79 Å². The Kier molecular flexibility index (Phi) is 2.90. The molecule has 4 heteroatoms. The molecule has 1 atom stereocenters. The quantitative estimate of drug-likeness (QED) is 0.892. The zero-order valence-electron chi connectivity index (χ0n) is 9.87. The third kappa shape index (κ3) is 2.05. The summed E-state index contributed by atoms with van der Waals surface area (Å²) >= 11 is 3.50. The Morgan fingerprint density at radius 2 is 2.33 bits per heavy atom. The molecule has 0 saturated carbocycles. The molecule has 0 spiro atoms. The van der Waals surface area contributed by atoms with Crippen molar-refractivity contribution in [1.29, 1.82) is 0 Å². The first kappa shape index (κ1) is 11.8. The number of rotatable bonds is 2. The number of carboxylic acid groups (broad SMARTS) is 1. The second-order valence-electron chi connectivity index (χ2n) is 4.98. The summed E-state index contributed by atoms with van der Waals surface area (Å²) < 4.78 is 1.09. The predicted octanol–water partition coefficient (Wildman–Crippen LogP) is 3.51. The summed E-state index contributed by atoms with van der Waals surface area (Å²) in [7, 11) is 0. The lowest BCUT2D eigenvalue weighted by Crippen LogP contribution is -2.17. The standard InChI is InChI=1S/C14H14BrNO2/c15-9-2-4-12-11(7-9)10-3-1-8(6-14(17)18)5-13(10)16-12/h2,4,7-8,16H,1,3,5-6H2,(H,17,18). The van der Waals surface area contributed by atoms with E-state index in [9.17, 15) is 4.79 Å². The van der Waals surface area contributed by atoms with E-state index in [0.717, 1.165) is 29.3 Å². The van der Waals surface area contributed by atoms with Crippen LogP contribution in [-0.4, -0.2) is 16.1 Å². The van der Waals surface area contributed by atoms with Gasteiger partial charge in [-0.05, 0) is 48.9 Å². The third-order valence-electron chi connectivity index (χ3n) is 3.72. The summed E-state index contributed by atoms with van der Waals surface area (Å²) in [6.07, 6.45) is 3.08. The summed E-state index contributed by atoms with van der Waals surface area (Å²) in [6.45, 7) is 0. The summed E-state index contributed by atoms with van der Waals surface area (Å²) in [4.78, 5) is 14.2. The van der Waals surface area contributed by atoms with Crippen molar-refractivity contribution < 1.29 is 9.90 Å². The molecule has 1 aliphatic carbocycles. The first-order valence-corrected chi connectivity index (χ1v) is 6.93. The maximum Gasteiger partial charge on any atom is 0.303 e. The van der Waals surface area contributed by atoms with Gasteiger partial charge in [0.05, 0.1) is 0 Å². The molecule has 0 aliphatic heterocycles. The minimum absolute atomic E-state index is 0.270. The molecule has 0 amide bonds. The van der Waals surface area contributed by atoms with Gasteiger partial charge in [-0.1, -0.05) is 15.9 Å². The van der Waals surface area contributed by atoms with Crippen molar-refractivity contribution in [1.82, 2.24) is 4.98 Å². The zero-order chi connectivity index (χ0) is 12.7. The molecule has 1 aromatic heterocycles. The van der Waals surface area contributed by atoms with Crippen LogP contribution >= 0.6 is 15.9 Å². The van der Waals surface area contributed by atoms with Crippen molar-refractivity contribution in [2.75, 3.05) is 0 Å². The molecule has 1 unspecified atom stereocenters. The van der Waals surface area contributed by atoms with Crippen LogP contribution in [0.4, 0.5) is 0 Å². The van der Waals surface area contributed by atoms with Crippen molar-refractivity contribution in [3.05, 3.63) is 33.9 Å². The molecule has 3 nitrogen and oxygen atoms in total. The lowest BCUT2D eigenvalue weighted by atomic mass is 9.85. The van der Waals surface area contributed by atoms with Gasteiger partial charge in [-0.25, -0.2) is 0 Å². The van der Waals surface area contributed by atoms with E-state index in [0.29, 0.717) is 0 Å². The fourth-order valence-corrected chi connectivity index (χ4v) is 3.26. The van der Waals surface area contributed by atoms with E-state index >= 15 is 0 Å². The van der Waals surface area contributed by atoms with Crippen molar-refractivity contribution in [3.8, 4) is 0 Å². The van der Waals surface area contributed by atoms with Crippen LogP contribution in [0.3, 0.4) is 0 Å². The second kappa shape index (κ2) is 4.43. The zero-order valence-corrected chi connectivity index (χ0v) is 11.5. The van der Waals surface area contributed by atoms with E-state index < -0.39 is 5.97 Å². The van der Waals surface area contributed by atoms with Gasteiger partial charge in [0.25, 0.3) is 0 Å². The van der Waals surface area contributed by atoms with Crippen molar-refractivity contribution in [2.45, 2.75) is 25.7 Å². The second-order valence-corrected chi connectivity index (χ2v) is 5.89. The maximum atomic E-state index is 10.8. The number of carbonyl (C=O) groups is 1. The highest BCUT2D eigenvalue weighted by Crippen LogP contribution is 2.33. The maximum absolute atomic E-state index is 10.8. The Labute approximate surface area is 113 Å². The van der Waals surface area contributed by atoms with Gasteiger partial charge < -0.3 is 10.1 Å². The Morgan fingerprint density at radius 1 is 1.50 bits per heavy atom. The van der Waals surface area contributed by atoms with E-state index in [1.807, 2.05) is 6.07 Å². The van der Waals surface area contributed by atoms with Gasteiger partial charge in [0.2, 0.25) is 0 Å². The minimum atomic E-state index is -0.692. The van der Waals surface area contributed by atoms with Gasteiger partial charge in [0, 0.05) is 27.5 Å². The SMILES string of the molecule is O=C(O)CC1CCc2c([nH]c3ccc(Br)cc23)C1. The van der Waals surface area contributed by atoms with E-state index in [2.05, 4.69) is 33.0 Å². The molecule has 0 bridgehead atoms. The number of fused-ring (bicyclic) bond motifs is 3. The number of aromatic nitrogens is 1. The largest absolute Gasteiger partial charge is 0.481 e. The first-order chi connectivity index (χ1) is 8.63. The Balaban J connectivity index is 1.97. The average Bonchev–Trinajstić information content (AvgIpc) is 2.65. The summed E-state index contributed by atoms with van der Waals surface area (Å²) in [5, 5.41) is 10.1. The van der Waals surface area contributed by atoms with Crippen LogP contribution in [0.2, 0.25) is 0 Å². The molecule has 18 heavy (non-hydrogen) atoms. The number of halogens is 1. The fourth-order valence-electron chi connectivity index (χ4n) is 2.90. The van der Waals surface area contributed by atoms with Gasteiger partial charge >= 0.3 is 5.97 Å². The van der Waals surface area contributed by atoms with Gasteiger partial charge in [-0.2, -0.15) is 0 Å². The van der Waals surface area contributed by atoms with E-state index in [1.165, 1.54) is 16.6 Å². The average molecular weight is 308 g/mol. The van der Waals surface area contributed by atoms with Crippen LogP contribution in [0.5, 0.6) is 0 Å². The van der Waals surface area contributed by atoms with Crippen LogP contribution in [-0.2, 0) is 17.6 Å². The number of nitrogens with one attached hydrogen (secondary N) is 1. The lowest BCUT2D eigenvalue weighted by molar-refractivity contribution is -0.138. The van der Waals surface area contributed by atoms with E-state index in [1.54, 1.807) is 0 Å². The van der Waals surface area contributed by atoms with Crippen LogP contribution in [0.1, 0.15) is 24.1 Å². The normalized spacial score (nSPS) is 18.8. The van der Waals surface area contributed by atoms with Gasteiger partial charge in [0.1, 0.15) is 0 Å². The summed E-state index contributed by atoms with van der Waals surface area (Å²) in [5.41, 5.74) is 3.74. The smallest absolute Gasteiger partial charge is 0.303 e. The molecular formula is C14H14BrNO2. The van der Waals surface area contributed by atoms with Crippen LogP contribution in [0.25, 0.3) is 10.9 Å². The van der Waals surface area contributed by atoms with Crippen LogP contribution < -0.4 is 0 Å². The Morgan fingerprint density at radius 3 is 3.11 bits per heavy atom.